The van der Waals surface area contributed by atoms with E-state index >= 15 is 0 Å². The highest BCUT2D eigenvalue weighted by molar-refractivity contribution is 5.86. The van der Waals surface area contributed by atoms with Crippen LogP contribution in [0.2, 0.25) is 0 Å². The second-order valence-electron chi connectivity index (χ2n) is 6.27. The average molecular weight is 409 g/mol. The molecule has 0 fully saturated rings. The van der Waals surface area contributed by atoms with Crippen molar-refractivity contribution in [1.29, 1.82) is 0 Å². The summed E-state index contributed by atoms with van der Waals surface area (Å²) in [6.07, 6.45) is 0.517. The van der Waals surface area contributed by atoms with Crippen LogP contribution in [0, 0.1) is 0 Å². The largest absolute Gasteiger partial charge is 0.490 e. The summed E-state index contributed by atoms with van der Waals surface area (Å²) in [7, 11) is 1.66. The summed E-state index contributed by atoms with van der Waals surface area (Å²) in [4.78, 5) is 23.3. The van der Waals surface area contributed by atoms with E-state index in [1.807, 2.05) is 30.3 Å². The van der Waals surface area contributed by atoms with Crippen LogP contribution >= 0.6 is 0 Å². The maximum Gasteiger partial charge on any atom is 0.407 e. The molecular formula is C21H31NO7. The predicted molar refractivity (Wildman–Crippen MR) is 108 cm³/mol. The first-order valence-corrected chi connectivity index (χ1v) is 9.54. The third-order valence-corrected chi connectivity index (χ3v) is 3.60. The third kappa shape index (κ3) is 12.5. The summed E-state index contributed by atoms with van der Waals surface area (Å²) in [6, 6.07) is 9.24. The number of unbranched alkanes of at least 4 members (excludes halogenated alkanes) is 1. The number of hydrogen-bond donors (Lipinski definition) is 1. The van der Waals surface area contributed by atoms with Gasteiger partial charge in [-0.1, -0.05) is 24.8 Å². The minimum Gasteiger partial charge on any atom is -0.490 e. The van der Waals surface area contributed by atoms with Crippen LogP contribution in [0.3, 0.4) is 0 Å². The second kappa shape index (κ2) is 15.4. The van der Waals surface area contributed by atoms with Gasteiger partial charge in [-0.05, 0) is 31.9 Å². The number of esters is 1. The van der Waals surface area contributed by atoms with E-state index in [9.17, 15) is 9.59 Å². The van der Waals surface area contributed by atoms with Gasteiger partial charge in [-0.2, -0.15) is 0 Å². The molecule has 1 N–H and O–H groups in total. The van der Waals surface area contributed by atoms with E-state index in [0.29, 0.717) is 24.5 Å². The Bertz CT molecular complexity index is 606. The molecule has 0 aliphatic carbocycles. The molecule has 8 nitrogen and oxygen atoms in total. The molecule has 0 bridgehead atoms. The van der Waals surface area contributed by atoms with Crippen molar-refractivity contribution < 1.29 is 33.3 Å². The van der Waals surface area contributed by atoms with Crippen LogP contribution in [0.1, 0.15) is 19.8 Å². The molecule has 0 heterocycles. The summed E-state index contributed by atoms with van der Waals surface area (Å²) >= 11 is 0. The Morgan fingerprint density at radius 2 is 1.79 bits per heavy atom. The summed E-state index contributed by atoms with van der Waals surface area (Å²) in [5.74, 6) is 0.171. The molecular weight excluding hydrogens is 378 g/mol. The lowest BCUT2D eigenvalue weighted by atomic mass is 10.3. The van der Waals surface area contributed by atoms with Gasteiger partial charge in [-0.25, -0.2) is 9.59 Å². The molecule has 0 aromatic heterocycles. The maximum absolute atomic E-state index is 12.0. The van der Waals surface area contributed by atoms with Gasteiger partial charge < -0.3 is 29.0 Å². The molecule has 1 atom stereocenters. The summed E-state index contributed by atoms with van der Waals surface area (Å²) in [5, 5.41) is 2.53. The van der Waals surface area contributed by atoms with Crippen LogP contribution in [0.4, 0.5) is 4.79 Å². The number of carbonyl (C=O) groups is 2. The van der Waals surface area contributed by atoms with Crippen molar-refractivity contribution in [3.8, 4) is 5.75 Å². The Balaban J connectivity index is 2.37. The first-order chi connectivity index (χ1) is 14.0. The fourth-order valence-electron chi connectivity index (χ4n) is 2.10. The maximum atomic E-state index is 12.0. The highest BCUT2D eigenvalue weighted by atomic mass is 16.6. The van der Waals surface area contributed by atoms with Gasteiger partial charge in [0.2, 0.25) is 0 Å². The number of rotatable bonds is 15. The van der Waals surface area contributed by atoms with Gasteiger partial charge >= 0.3 is 12.1 Å². The number of amides is 1. The molecule has 162 valence electrons. The first-order valence-electron chi connectivity index (χ1n) is 9.54. The number of methoxy groups -OCH3 is 1. The standard InChI is InChI=1S/C21H31NO7/c1-17(2)20(23)27-14-11-22-21(24)29-19(15-26-13-8-7-12-25-3)16-28-18-9-5-4-6-10-18/h4-6,9-10,19H,1,7-8,11-16H2,2-3H3,(H,22,24). The van der Waals surface area contributed by atoms with Gasteiger partial charge in [0, 0.05) is 25.9 Å². The third-order valence-electron chi connectivity index (χ3n) is 3.60. The smallest absolute Gasteiger partial charge is 0.407 e. The molecule has 1 aromatic carbocycles. The zero-order valence-corrected chi connectivity index (χ0v) is 17.2. The molecule has 8 heteroatoms. The van der Waals surface area contributed by atoms with Crippen LogP contribution in [0.5, 0.6) is 5.75 Å². The molecule has 0 aliphatic rings. The molecule has 1 unspecified atom stereocenters. The average Bonchev–Trinajstić information content (AvgIpc) is 2.72. The summed E-state index contributed by atoms with van der Waals surface area (Å²) in [6.45, 7) is 6.77. The molecule has 0 spiro atoms. The van der Waals surface area contributed by atoms with E-state index in [0.717, 1.165) is 12.8 Å². The first kappa shape index (κ1) is 24.5. The highest BCUT2D eigenvalue weighted by Crippen LogP contribution is 2.09. The lowest BCUT2D eigenvalue weighted by Crippen LogP contribution is -2.36. The Kier molecular flexibility index (Phi) is 13.0. The molecule has 0 radical (unpaired) electrons. The topological polar surface area (TPSA) is 92.3 Å². The van der Waals surface area contributed by atoms with Crippen LogP contribution in [-0.2, 0) is 23.7 Å². The zero-order valence-electron chi connectivity index (χ0n) is 17.2. The Morgan fingerprint density at radius 3 is 2.48 bits per heavy atom. The minimum absolute atomic E-state index is 0.0297. The monoisotopic (exact) mass is 409 g/mol. The molecule has 0 saturated heterocycles. The van der Waals surface area contributed by atoms with Crippen molar-refractivity contribution in [3.05, 3.63) is 42.5 Å². The number of ether oxygens (including phenoxy) is 5. The minimum atomic E-state index is -0.638. The Labute approximate surface area is 172 Å². The van der Waals surface area contributed by atoms with Crippen molar-refractivity contribution in [2.24, 2.45) is 0 Å². The van der Waals surface area contributed by atoms with Crippen LogP contribution < -0.4 is 10.1 Å². The van der Waals surface area contributed by atoms with Crippen molar-refractivity contribution in [2.45, 2.75) is 25.9 Å². The molecule has 29 heavy (non-hydrogen) atoms. The Morgan fingerprint density at radius 1 is 1.07 bits per heavy atom. The number of carbonyl (C=O) groups excluding carboxylic acids is 2. The molecule has 1 rings (SSSR count). The molecule has 1 amide bonds. The summed E-state index contributed by atoms with van der Waals surface area (Å²) < 4.78 is 26.5. The molecule has 0 aliphatic heterocycles. The molecule has 1 aromatic rings. The van der Waals surface area contributed by atoms with E-state index in [1.54, 1.807) is 14.0 Å². The lowest BCUT2D eigenvalue weighted by molar-refractivity contribution is -0.138. The van der Waals surface area contributed by atoms with E-state index in [-0.39, 0.29) is 26.4 Å². The van der Waals surface area contributed by atoms with E-state index in [4.69, 9.17) is 23.7 Å². The number of para-hydroxylation sites is 1. The SMILES string of the molecule is C=C(C)C(=O)OCCNC(=O)OC(COCCCCOC)COc1ccccc1. The van der Waals surface area contributed by atoms with Gasteiger partial charge in [0.1, 0.15) is 19.0 Å². The summed E-state index contributed by atoms with van der Waals surface area (Å²) in [5.41, 5.74) is 0.299. The second-order valence-corrected chi connectivity index (χ2v) is 6.27. The van der Waals surface area contributed by atoms with Crippen LogP contribution in [0.15, 0.2) is 42.5 Å². The van der Waals surface area contributed by atoms with Crippen molar-refractivity contribution >= 4 is 12.1 Å². The highest BCUT2D eigenvalue weighted by Gasteiger charge is 2.16. The quantitative estimate of drug-likeness (QED) is 0.270. The number of benzene rings is 1. The van der Waals surface area contributed by atoms with Crippen molar-refractivity contribution in [2.75, 3.05) is 46.7 Å². The predicted octanol–water partition coefficient (Wildman–Crippen LogP) is 2.72. The Hall–Kier alpha value is -2.58. The van der Waals surface area contributed by atoms with Gasteiger partial charge in [-0.15, -0.1) is 0 Å². The number of nitrogens with one attached hydrogen (secondary N) is 1. The zero-order chi connectivity index (χ0) is 21.3. The van der Waals surface area contributed by atoms with Crippen molar-refractivity contribution in [3.63, 3.8) is 0 Å². The van der Waals surface area contributed by atoms with Gasteiger partial charge in [0.25, 0.3) is 0 Å². The van der Waals surface area contributed by atoms with E-state index in [1.165, 1.54) is 0 Å². The van der Waals surface area contributed by atoms with E-state index < -0.39 is 18.2 Å². The van der Waals surface area contributed by atoms with Gasteiger partial charge in [-0.3, -0.25) is 0 Å². The fraction of sp³-hybridized carbons (Fsp3) is 0.524. The normalized spacial score (nSPS) is 11.4. The number of alkyl carbamates (subject to hydrolysis) is 1. The van der Waals surface area contributed by atoms with Gasteiger partial charge in [0.15, 0.2) is 6.10 Å². The van der Waals surface area contributed by atoms with Crippen LogP contribution in [-0.4, -0.2) is 64.9 Å². The fourth-order valence-corrected chi connectivity index (χ4v) is 2.10. The number of hydrogen-bond acceptors (Lipinski definition) is 7. The van der Waals surface area contributed by atoms with Crippen molar-refractivity contribution in [1.82, 2.24) is 5.32 Å². The van der Waals surface area contributed by atoms with Crippen LogP contribution in [0.25, 0.3) is 0 Å². The van der Waals surface area contributed by atoms with E-state index in [2.05, 4.69) is 11.9 Å². The lowest BCUT2D eigenvalue weighted by Gasteiger charge is -2.19. The molecule has 0 saturated carbocycles. The van der Waals surface area contributed by atoms with Gasteiger partial charge in [0.05, 0.1) is 13.2 Å².